The first-order valence-corrected chi connectivity index (χ1v) is 7.11. The van der Waals surface area contributed by atoms with E-state index in [1.807, 2.05) is 0 Å². The second-order valence-electron chi connectivity index (χ2n) is 5.51. The van der Waals surface area contributed by atoms with Gasteiger partial charge in [-0.2, -0.15) is 0 Å². The standard InChI is InChI=1S/C16H18F2N2O3/c1-8(2)20-9(3)13(15(21)23-4)14(19-16(20)22)10-5-6-11(17)12(18)7-10/h5-8,14H,1-4H3,(H,19,22)/t14-/m0/s1. The third-order valence-corrected chi connectivity index (χ3v) is 3.73. The molecule has 0 saturated carbocycles. The monoisotopic (exact) mass is 324 g/mol. The molecule has 0 aliphatic carbocycles. The van der Waals surface area contributed by atoms with Crippen LogP contribution in [0.4, 0.5) is 13.6 Å². The van der Waals surface area contributed by atoms with Crippen molar-refractivity contribution < 1.29 is 23.1 Å². The van der Waals surface area contributed by atoms with E-state index in [-0.39, 0.29) is 17.2 Å². The van der Waals surface area contributed by atoms with Crippen LogP contribution >= 0.6 is 0 Å². The number of halogens is 2. The first kappa shape index (κ1) is 16.9. The molecule has 0 unspecified atom stereocenters. The van der Waals surface area contributed by atoms with Crippen molar-refractivity contribution in [1.82, 2.24) is 10.2 Å². The van der Waals surface area contributed by atoms with Gasteiger partial charge in [0.1, 0.15) is 0 Å². The highest BCUT2D eigenvalue weighted by Crippen LogP contribution is 2.32. The van der Waals surface area contributed by atoms with Gasteiger partial charge >= 0.3 is 12.0 Å². The van der Waals surface area contributed by atoms with E-state index in [9.17, 15) is 18.4 Å². The molecule has 2 rings (SSSR count). The van der Waals surface area contributed by atoms with E-state index in [1.54, 1.807) is 20.8 Å². The number of hydrogen-bond donors (Lipinski definition) is 1. The summed E-state index contributed by atoms with van der Waals surface area (Å²) in [6.07, 6.45) is 0. The number of benzene rings is 1. The van der Waals surface area contributed by atoms with Crippen LogP contribution in [0.1, 0.15) is 32.4 Å². The zero-order valence-electron chi connectivity index (χ0n) is 13.3. The van der Waals surface area contributed by atoms with E-state index in [2.05, 4.69) is 5.32 Å². The van der Waals surface area contributed by atoms with E-state index in [0.717, 1.165) is 12.1 Å². The van der Waals surface area contributed by atoms with Crippen LogP contribution < -0.4 is 5.32 Å². The molecule has 1 aliphatic rings. The molecule has 23 heavy (non-hydrogen) atoms. The van der Waals surface area contributed by atoms with Gasteiger partial charge in [0, 0.05) is 11.7 Å². The molecule has 124 valence electrons. The lowest BCUT2D eigenvalue weighted by Gasteiger charge is -2.37. The Labute approximate surface area is 132 Å². The van der Waals surface area contributed by atoms with Crippen LogP contribution in [-0.4, -0.2) is 30.1 Å². The predicted octanol–water partition coefficient (Wildman–Crippen LogP) is 2.89. The molecule has 1 aromatic carbocycles. The fourth-order valence-corrected chi connectivity index (χ4v) is 2.70. The number of ether oxygens (including phenoxy) is 1. The zero-order chi connectivity index (χ0) is 17.3. The number of methoxy groups -OCH3 is 1. The number of esters is 1. The molecular formula is C16H18F2N2O3. The lowest BCUT2D eigenvalue weighted by molar-refractivity contribution is -0.136. The summed E-state index contributed by atoms with van der Waals surface area (Å²) in [5.41, 5.74) is 0.873. The van der Waals surface area contributed by atoms with E-state index in [0.29, 0.717) is 5.70 Å². The second-order valence-corrected chi connectivity index (χ2v) is 5.51. The van der Waals surface area contributed by atoms with E-state index in [4.69, 9.17) is 4.74 Å². The molecular weight excluding hydrogens is 306 g/mol. The number of nitrogens with zero attached hydrogens (tertiary/aromatic N) is 1. The molecule has 7 heteroatoms. The first-order chi connectivity index (χ1) is 10.8. The summed E-state index contributed by atoms with van der Waals surface area (Å²) in [6, 6.07) is 1.74. The average Bonchev–Trinajstić information content (AvgIpc) is 2.48. The number of amides is 2. The van der Waals surface area contributed by atoms with Gasteiger partial charge in [-0.15, -0.1) is 0 Å². The van der Waals surface area contributed by atoms with Gasteiger partial charge in [-0.05, 0) is 38.5 Å². The third-order valence-electron chi connectivity index (χ3n) is 3.73. The van der Waals surface area contributed by atoms with Crippen molar-refractivity contribution in [2.24, 2.45) is 0 Å². The minimum Gasteiger partial charge on any atom is -0.466 e. The average molecular weight is 324 g/mol. The van der Waals surface area contributed by atoms with Crippen molar-refractivity contribution >= 4 is 12.0 Å². The van der Waals surface area contributed by atoms with Crippen LogP contribution in [0.2, 0.25) is 0 Å². The molecule has 1 aliphatic heterocycles. The molecule has 1 atom stereocenters. The lowest BCUT2D eigenvalue weighted by Crippen LogP contribution is -2.50. The van der Waals surface area contributed by atoms with Crippen molar-refractivity contribution in [3.8, 4) is 0 Å². The van der Waals surface area contributed by atoms with Crippen molar-refractivity contribution in [1.29, 1.82) is 0 Å². The molecule has 1 aromatic rings. The normalized spacial score (nSPS) is 18.3. The van der Waals surface area contributed by atoms with Crippen molar-refractivity contribution in [3.63, 3.8) is 0 Å². The molecule has 0 radical (unpaired) electrons. The van der Waals surface area contributed by atoms with Gasteiger partial charge in [-0.3, -0.25) is 4.90 Å². The van der Waals surface area contributed by atoms with Gasteiger partial charge in [-0.25, -0.2) is 18.4 Å². The highest BCUT2D eigenvalue weighted by molar-refractivity contribution is 5.95. The molecule has 5 nitrogen and oxygen atoms in total. The smallest absolute Gasteiger partial charge is 0.337 e. The van der Waals surface area contributed by atoms with Crippen LogP contribution in [0.15, 0.2) is 29.5 Å². The highest BCUT2D eigenvalue weighted by Gasteiger charge is 2.37. The molecule has 0 fully saturated rings. The maximum atomic E-state index is 13.5. The minimum absolute atomic E-state index is 0.180. The minimum atomic E-state index is -1.05. The Hall–Kier alpha value is -2.44. The first-order valence-electron chi connectivity index (χ1n) is 7.11. The summed E-state index contributed by atoms with van der Waals surface area (Å²) >= 11 is 0. The van der Waals surface area contributed by atoms with Crippen LogP contribution in [0.3, 0.4) is 0 Å². The summed E-state index contributed by atoms with van der Waals surface area (Å²) in [6.45, 7) is 5.23. The second kappa shape index (κ2) is 6.36. The number of hydrogen-bond acceptors (Lipinski definition) is 3. The molecule has 1 N–H and O–H groups in total. The Bertz CT molecular complexity index is 686. The Morgan fingerprint density at radius 3 is 2.48 bits per heavy atom. The van der Waals surface area contributed by atoms with Gasteiger partial charge in [0.05, 0.1) is 18.7 Å². The summed E-state index contributed by atoms with van der Waals surface area (Å²) in [7, 11) is 1.22. The number of urea groups is 1. The fraction of sp³-hybridized carbons (Fsp3) is 0.375. The van der Waals surface area contributed by atoms with Gasteiger partial charge < -0.3 is 10.1 Å². The van der Waals surface area contributed by atoms with Gasteiger partial charge in [0.2, 0.25) is 0 Å². The SMILES string of the molecule is COC(=O)C1=C(C)N(C(C)C)C(=O)N[C@H]1c1ccc(F)c(F)c1. The maximum Gasteiger partial charge on any atom is 0.337 e. The maximum absolute atomic E-state index is 13.5. The van der Waals surface area contributed by atoms with Crippen molar-refractivity contribution in [2.45, 2.75) is 32.9 Å². The summed E-state index contributed by atoms with van der Waals surface area (Å²) in [4.78, 5) is 25.9. The largest absolute Gasteiger partial charge is 0.466 e. The van der Waals surface area contributed by atoms with E-state index < -0.39 is 29.7 Å². The molecule has 1 heterocycles. The summed E-state index contributed by atoms with van der Waals surface area (Å²) < 4.78 is 31.4. The molecule has 2 amide bonds. The van der Waals surface area contributed by atoms with Crippen LogP contribution in [0, 0.1) is 11.6 Å². The van der Waals surface area contributed by atoms with E-state index >= 15 is 0 Å². The topological polar surface area (TPSA) is 58.6 Å². The van der Waals surface area contributed by atoms with Crippen LogP contribution in [0.25, 0.3) is 0 Å². The summed E-state index contributed by atoms with van der Waals surface area (Å²) in [5, 5.41) is 2.65. The fourth-order valence-electron chi connectivity index (χ4n) is 2.70. The molecule has 0 spiro atoms. The van der Waals surface area contributed by atoms with Gasteiger partial charge in [0.15, 0.2) is 11.6 Å². The van der Waals surface area contributed by atoms with Crippen molar-refractivity contribution in [3.05, 3.63) is 46.7 Å². The Kier molecular flexibility index (Phi) is 4.68. The number of rotatable bonds is 3. The molecule has 0 saturated heterocycles. The highest BCUT2D eigenvalue weighted by atomic mass is 19.2. The number of nitrogens with one attached hydrogen (secondary N) is 1. The Balaban J connectivity index is 2.59. The predicted molar refractivity (Wildman–Crippen MR) is 79.3 cm³/mol. The zero-order valence-corrected chi connectivity index (χ0v) is 13.3. The molecule has 0 bridgehead atoms. The number of carbonyl (C=O) groups is 2. The quantitative estimate of drug-likeness (QED) is 0.870. The van der Waals surface area contributed by atoms with Crippen LogP contribution in [0.5, 0.6) is 0 Å². The van der Waals surface area contributed by atoms with E-state index in [1.165, 1.54) is 18.1 Å². The molecule has 0 aromatic heterocycles. The third kappa shape index (κ3) is 3.04. The Morgan fingerprint density at radius 1 is 1.30 bits per heavy atom. The Morgan fingerprint density at radius 2 is 1.96 bits per heavy atom. The van der Waals surface area contributed by atoms with Crippen LogP contribution in [-0.2, 0) is 9.53 Å². The number of carbonyl (C=O) groups excluding carboxylic acids is 2. The van der Waals surface area contributed by atoms with Gasteiger partial charge in [-0.1, -0.05) is 6.07 Å². The van der Waals surface area contributed by atoms with Crippen molar-refractivity contribution in [2.75, 3.05) is 7.11 Å². The van der Waals surface area contributed by atoms with Gasteiger partial charge in [0.25, 0.3) is 0 Å². The lowest BCUT2D eigenvalue weighted by atomic mass is 9.94. The number of allylic oxidation sites excluding steroid dienone is 1. The summed E-state index contributed by atoms with van der Waals surface area (Å²) in [5.74, 6) is -2.69.